The third-order valence-electron chi connectivity index (χ3n) is 2.57. The third kappa shape index (κ3) is 3.14. The van der Waals surface area contributed by atoms with Crippen LogP contribution < -0.4 is 15.2 Å². The largest absolute Gasteiger partial charge is 0.493 e. The van der Waals surface area contributed by atoms with E-state index < -0.39 is 4.92 Å². The van der Waals surface area contributed by atoms with Crippen molar-refractivity contribution in [2.75, 3.05) is 12.8 Å². The molecule has 0 unspecified atom stereocenters. The average molecular weight is 275 g/mol. The average Bonchev–Trinajstić information content (AvgIpc) is 2.45. The van der Waals surface area contributed by atoms with Crippen LogP contribution in [0.25, 0.3) is 0 Å². The number of non-ortho nitro benzene ring substituents is 1. The van der Waals surface area contributed by atoms with E-state index in [9.17, 15) is 10.1 Å². The molecule has 0 spiro atoms. The van der Waals surface area contributed by atoms with Gasteiger partial charge in [0.25, 0.3) is 5.69 Å². The fourth-order valence-electron chi connectivity index (χ4n) is 1.62. The van der Waals surface area contributed by atoms with Crippen LogP contribution >= 0.6 is 0 Å². The van der Waals surface area contributed by atoms with Gasteiger partial charge in [-0.05, 0) is 18.2 Å². The highest BCUT2D eigenvalue weighted by Gasteiger charge is 2.12. The molecule has 1 aromatic heterocycles. The Morgan fingerprint density at radius 3 is 2.75 bits per heavy atom. The second-order valence-electron chi connectivity index (χ2n) is 3.96. The molecule has 0 fully saturated rings. The molecule has 0 saturated heterocycles. The number of rotatable bonds is 5. The molecule has 7 nitrogen and oxygen atoms in total. The molecule has 0 atom stereocenters. The maximum atomic E-state index is 10.7. The molecule has 0 saturated carbocycles. The minimum atomic E-state index is -0.494. The minimum absolute atomic E-state index is 0.0590. The fourth-order valence-corrected chi connectivity index (χ4v) is 1.62. The molecule has 0 aliphatic heterocycles. The summed E-state index contributed by atoms with van der Waals surface area (Å²) in [4.78, 5) is 14.3. The van der Waals surface area contributed by atoms with Gasteiger partial charge in [-0.1, -0.05) is 0 Å². The van der Waals surface area contributed by atoms with E-state index in [1.807, 2.05) is 0 Å². The molecule has 104 valence electrons. The summed E-state index contributed by atoms with van der Waals surface area (Å²) >= 11 is 0. The number of nitrogens with two attached hydrogens (primary N) is 1. The summed E-state index contributed by atoms with van der Waals surface area (Å²) in [5, 5.41) is 10.7. The van der Waals surface area contributed by atoms with Crippen molar-refractivity contribution in [1.29, 1.82) is 0 Å². The number of aromatic nitrogens is 1. The van der Waals surface area contributed by atoms with Crippen molar-refractivity contribution in [3.05, 3.63) is 52.3 Å². The highest BCUT2D eigenvalue weighted by Crippen LogP contribution is 2.31. The summed E-state index contributed by atoms with van der Waals surface area (Å²) in [5.74, 6) is 0.699. The lowest BCUT2D eigenvalue weighted by molar-refractivity contribution is -0.385. The van der Waals surface area contributed by atoms with Crippen LogP contribution in [-0.4, -0.2) is 17.0 Å². The van der Waals surface area contributed by atoms with Crippen LogP contribution in [0, 0.1) is 10.1 Å². The van der Waals surface area contributed by atoms with Gasteiger partial charge in [0.2, 0.25) is 0 Å². The van der Waals surface area contributed by atoms with Gasteiger partial charge in [-0.3, -0.25) is 15.1 Å². The summed E-state index contributed by atoms with van der Waals surface area (Å²) < 4.78 is 10.6. The maximum Gasteiger partial charge on any atom is 0.273 e. The van der Waals surface area contributed by atoms with Gasteiger partial charge in [-0.15, -0.1) is 0 Å². The predicted octanol–water partition coefficient (Wildman–Crippen LogP) is 2.16. The second kappa shape index (κ2) is 5.87. The number of hydrogen-bond donors (Lipinski definition) is 1. The minimum Gasteiger partial charge on any atom is -0.493 e. The summed E-state index contributed by atoms with van der Waals surface area (Å²) in [5.41, 5.74) is 6.83. The van der Waals surface area contributed by atoms with E-state index in [1.165, 1.54) is 25.3 Å². The molecular formula is C13H13N3O4. The Morgan fingerprint density at radius 2 is 2.10 bits per heavy atom. The molecule has 0 bridgehead atoms. The normalized spacial score (nSPS) is 10.1. The lowest BCUT2D eigenvalue weighted by atomic mass is 10.3. The van der Waals surface area contributed by atoms with Gasteiger partial charge in [0.05, 0.1) is 23.8 Å². The van der Waals surface area contributed by atoms with Gasteiger partial charge in [-0.2, -0.15) is 0 Å². The zero-order valence-electron chi connectivity index (χ0n) is 10.8. The number of pyridine rings is 1. The number of nitrogen functional groups attached to an aromatic ring is 1. The Balaban J connectivity index is 2.15. The zero-order chi connectivity index (χ0) is 14.5. The molecule has 1 aromatic carbocycles. The number of ether oxygens (including phenoxy) is 2. The summed E-state index contributed by atoms with van der Waals surface area (Å²) in [6.07, 6.45) is 1.58. The van der Waals surface area contributed by atoms with Gasteiger partial charge >= 0.3 is 0 Å². The molecule has 0 aliphatic rings. The van der Waals surface area contributed by atoms with Gasteiger partial charge in [0, 0.05) is 18.0 Å². The van der Waals surface area contributed by atoms with Crippen molar-refractivity contribution in [3.8, 4) is 11.5 Å². The predicted molar refractivity (Wildman–Crippen MR) is 72.6 cm³/mol. The summed E-state index contributed by atoms with van der Waals surface area (Å²) in [7, 11) is 1.42. The van der Waals surface area contributed by atoms with E-state index in [-0.39, 0.29) is 12.3 Å². The Labute approximate surface area is 115 Å². The van der Waals surface area contributed by atoms with Crippen molar-refractivity contribution in [2.45, 2.75) is 6.61 Å². The van der Waals surface area contributed by atoms with Crippen LogP contribution in [0.1, 0.15) is 5.69 Å². The van der Waals surface area contributed by atoms with Crippen LogP contribution in [0.2, 0.25) is 0 Å². The number of nitro groups is 1. The van der Waals surface area contributed by atoms with Crippen LogP contribution in [0.15, 0.2) is 36.5 Å². The van der Waals surface area contributed by atoms with Gasteiger partial charge in [0.15, 0.2) is 11.5 Å². The van der Waals surface area contributed by atoms with Crippen LogP contribution in [-0.2, 0) is 6.61 Å². The highest BCUT2D eigenvalue weighted by molar-refractivity contribution is 5.48. The molecule has 7 heteroatoms. The van der Waals surface area contributed by atoms with Gasteiger partial charge in [-0.25, -0.2) is 0 Å². The molecule has 2 N–H and O–H groups in total. The third-order valence-corrected chi connectivity index (χ3v) is 2.57. The van der Waals surface area contributed by atoms with E-state index >= 15 is 0 Å². The van der Waals surface area contributed by atoms with E-state index in [0.29, 0.717) is 22.9 Å². The number of anilines is 1. The number of nitro benzene ring substituents is 1. The van der Waals surface area contributed by atoms with Crippen molar-refractivity contribution < 1.29 is 14.4 Å². The summed E-state index contributed by atoms with van der Waals surface area (Å²) in [6, 6.07) is 7.52. The van der Waals surface area contributed by atoms with Gasteiger partial charge in [0.1, 0.15) is 6.61 Å². The van der Waals surface area contributed by atoms with E-state index in [2.05, 4.69) is 4.98 Å². The Morgan fingerprint density at radius 1 is 1.30 bits per heavy atom. The van der Waals surface area contributed by atoms with E-state index in [4.69, 9.17) is 15.2 Å². The van der Waals surface area contributed by atoms with Crippen LogP contribution in [0.4, 0.5) is 11.4 Å². The lowest BCUT2D eigenvalue weighted by Crippen LogP contribution is -2.01. The topological polar surface area (TPSA) is 101 Å². The number of benzene rings is 1. The van der Waals surface area contributed by atoms with Crippen LogP contribution in [0.3, 0.4) is 0 Å². The first-order valence-electron chi connectivity index (χ1n) is 5.76. The first-order valence-corrected chi connectivity index (χ1v) is 5.76. The molecule has 2 aromatic rings. The quantitative estimate of drug-likeness (QED) is 0.662. The Bertz CT molecular complexity index is 631. The van der Waals surface area contributed by atoms with Crippen molar-refractivity contribution in [3.63, 3.8) is 0 Å². The Kier molecular flexibility index (Phi) is 3.99. The highest BCUT2D eigenvalue weighted by atomic mass is 16.6. The standard InChI is InChI=1S/C13H13N3O4/c1-19-13-7-11(16(17)18)2-3-12(13)20-8-10-6-9(14)4-5-15-10/h2-7H,8H2,1H3,(H2,14,15). The Hall–Kier alpha value is -2.83. The molecule has 0 radical (unpaired) electrons. The van der Waals surface area contributed by atoms with Crippen molar-refractivity contribution in [1.82, 2.24) is 4.98 Å². The molecule has 2 rings (SSSR count). The molecule has 0 aliphatic carbocycles. The monoisotopic (exact) mass is 275 g/mol. The smallest absolute Gasteiger partial charge is 0.273 e. The zero-order valence-corrected chi connectivity index (χ0v) is 10.8. The second-order valence-corrected chi connectivity index (χ2v) is 3.96. The number of methoxy groups -OCH3 is 1. The molecule has 1 heterocycles. The molecular weight excluding hydrogens is 262 g/mol. The molecule has 0 amide bonds. The van der Waals surface area contributed by atoms with Crippen molar-refractivity contribution in [2.24, 2.45) is 0 Å². The first kappa shape index (κ1) is 13.6. The van der Waals surface area contributed by atoms with Gasteiger partial charge < -0.3 is 15.2 Å². The van der Waals surface area contributed by atoms with Crippen molar-refractivity contribution >= 4 is 11.4 Å². The number of hydrogen-bond acceptors (Lipinski definition) is 6. The lowest BCUT2D eigenvalue weighted by Gasteiger charge is -2.10. The molecule has 20 heavy (non-hydrogen) atoms. The van der Waals surface area contributed by atoms with E-state index in [0.717, 1.165) is 0 Å². The summed E-state index contributed by atoms with van der Waals surface area (Å²) in [6.45, 7) is 0.194. The van der Waals surface area contributed by atoms with Crippen LogP contribution in [0.5, 0.6) is 11.5 Å². The first-order chi connectivity index (χ1) is 9.60. The maximum absolute atomic E-state index is 10.7. The SMILES string of the molecule is COc1cc([N+](=O)[O-])ccc1OCc1cc(N)ccn1. The fraction of sp³-hybridized carbons (Fsp3) is 0.154. The number of nitrogens with zero attached hydrogens (tertiary/aromatic N) is 2. The van der Waals surface area contributed by atoms with E-state index in [1.54, 1.807) is 18.3 Å².